The molecule has 1 nitrogen and oxygen atoms in total. The lowest BCUT2D eigenvalue weighted by Gasteiger charge is -2.32. The SMILES string of the molecule is CCCCCCCCC(CCCCCCCC)c1cccc(O)c1C(C)(C)c1ccccc1. The fourth-order valence-electron chi connectivity index (χ4n) is 5.38. The maximum absolute atomic E-state index is 11.1. The van der Waals surface area contributed by atoms with Crippen molar-refractivity contribution in [3.05, 3.63) is 65.2 Å². The van der Waals surface area contributed by atoms with Crippen molar-refractivity contribution in [3.63, 3.8) is 0 Å². The molecule has 0 aliphatic rings. The average molecular weight is 451 g/mol. The van der Waals surface area contributed by atoms with E-state index in [2.05, 4.69) is 70.2 Å². The van der Waals surface area contributed by atoms with Crippen LogP contribution in [0.15, 0.2) is 48.5 Å². The number of phenols is 1. The highest BCUT2D eigenvalue weighted by Gasteiger charge is 2.31. The fourth-order valence-corrected chi connectivity index (χ4v) is 5.38. The van der Waals surface area contributed by atoms with E-state index < -0.39 is 0 Å². The highest BCUT2D eigenvalue weighted by molar-refractivity contribution is 5.51. The number of aromatic hydroxyl groups is 1. The molecule has 2 rings (SSSR count). The van der Waals surface area contributed by atoms with Crippen molar-refractivity contribution in [3.8, 4) is 5.75 Å². The van der Waals surface area contributed by atoms with Crippen LogP contribution in [0.25, 0.3) is 0 Å². The van der Waals surface area contributed by atoms with Gasteiger partial charge in [-0.15, -0.1) is 0 Å². The summed E-state index contributed by atoms with van der Waals surface area (Å²) in [6, 6.07) is 17.0. The zero-order valence-corrected chi connectivity index (χ0v) is 22.0. The molecule has 2 aromatic carbocycles. The van der Waals surface area contributed by atoms with Gasteiger partial charge in [-0.3, -0.25) is 0 Å². The number of phenolic OH excluding ortho intramolecular Hbond substituents is 1. The van der Waals surface area contributed by atoms with Crippen molar-refractivity contribution in [2.45, 2.75) is 129 Å². The third-order valence-electron chi connectivity index (χ3n) is 7.45. The lowest BCUT2D eigenvalue weighted by atomic mass is 9.72. The first-order valence-corrected chi connectivity index (χ1v) is 13.9. The Bertz CT molecular complexity index is 745. The van der Waals surface area contributed by atoms with Crippen LogP contribution < -0.4 is 0 Å². The summed E-state index contributed by atoms with van der Waals surface area (Å²) in [6.45, 7) is 9.11. The second kappa shape index (κ2) is 15.2. The first-order valence-electron chi connectivity index (χ1n) is 13.9. The standard InChI is InChI=1S/C32H50O/c1-5-7-9-11-13-16-21-27(22-17-14-12-10-8-6-2)29-25-20-26-30(33)31(29)32(3,4)28-23-18-15-19-24-28/h15,18-20,23-27,33H,5-14,16-17,21-22H2,1-4H3. The molecule has 0 amide bonds. The summed E-state index contributed by atoms with van der Waals surface area (Å²) in [4.78, 5) is 0. The van der Waals surface area contributed by atoms with Crippen LogP contribution in [0.3, 0.4) is 0 Å². The second-order valence-electron chi connectivity index (χ2n) is 10.5. The molecular formula is C32H50O. The largest absolute Gasteiger partial charge is 0.508 e. The van der Waals surface area contributed by atoms with E-state index in [9.17, 15) is 5.11 Å². The molecule has 0 spiro atoms. The molecule has 0 saturated heterocycles. The van der Waals surface area contributed by atoms with E-state index in [0.29, 0.717) is 11.7 Å². The molecule has 0 radical (unpaired) electrons. The summed E-state index contributed by atoms with van der Waals surface area (Å²) in [5.74, 6) is 0.990. The second-order valence-corrected chi connectivity index (χ2v) is 10.5. The minimum atomic E-state index is -0.220. The van der Waals surface area contributed by atoms with Gasteiger partial charge in [0.15, 0.2) is 0 Å². The van der Waals surface area contributed by atoms with Gasteiger partial charge in [-0.05, 0) is 36.0 Å². The first kappa shape index (κ1) is 27.5. The van der Waals surface area contributed by atoms with Crippen LogP contribution in [0.1, 0.15) is 140 Å². The normalized spacial score (nSPS) is 11.9. The van der Waals surface area contributed by atoms with Gasteiger partial charge < -0.3 is 5.11 Å². The van der Waals surface area contributed by atoms with E-state index in [1.165, 1.54) is 101 Å². The smallest absolute Gasteiger partial charge is 0.119 e. The Kier molecular flexibility index (Phi) is 12.7. The first-order chi connectivity index (χ1) is 16.0. The van der Waals surface area contributed by atoms with Gasteiger partial charge in [0.05, 0.1) is 0 Å². The Labute approximate surface area is 205 Å². The summed E-state index contributed by atoms with van der Waals surface area (Å²) in [6.07, 6.45) is 18.6. The Balaban J connectivity index is 2.20. The molecule has 2 aromatic rings. The molecule has 33 heavy (non-hydrogen) atoms. The number of rotatable bonds is 17. The van der Waals surface area contributed by atoms with Gasteiger partial charge >= 0.3 is 0 Å². The summed E-state index contributed by atoms with van der Waals surface area (Å²) >= 11 is 0. The van der Waals surface area contributed by atoms with E-state index in [1.54, 1.807) is 0 Å². The molecule has 0 heterocycles. The van der Waals surface area contributed by atoms with Crippen molar-refractivity contribution in [2.75, 3.05) is 0 Å². The molecule has 184 valence electrons. The molecule has 1 heteroatoms. The molecule has 0 unspecified atom stereocenters. The van der Waals surface area contributed by atoms with Crippen molar-refractivity contribution in [1.82, 2.24) is 0 Å². The van der Waals surface area contributed by atoms with Gasteiger partial charge in [-0.2, -0.15) is 0 Å². The Morgan fingerprint density at radius 1 is 0.636 bits per heavy atom. The number of unbranched alkanes of at least 4 members (excludes halogenated alkanes) is 10. The van der Waals surface area contributed by atoms with Crippen molar-refractivity contribution in [1.29, 1.82) is 0 Å². The molecule has 0 fully saturated rings. The molecule has 0 bridgehead atoms. The van der Waals surface area contributed by atoms with Crippen LogP contribution in [0, 0.1) is 0 Å². The quantitative estimate of drug-likeness (QED) is 0.238. The van der Waals surface area contributed by atoms with Crippen LogP contribution >= 0.6 is 0 Å². The Hall–Kier alpha value is -1.76. The van der Waals surface area contributed by atoms with Crippen LogP contribution in [0.5, 0.6) is 5.75 Å². The summed E-state index contributed by atoms with van der Waals surface area (Å²) in [5, 5.41) is 11.1. The molecule has 0 atom stereocenters. The summed E-state index contributed by atoms with van der Waals surface area (Å²) in [7, 11) is 0. The minimum Gasteiger partial charge on any atom is -0.508 e. The number of hydrogen-bond donors (Lipinski definition) is 1. The maximum atomic E-state index is 11.1. The molecule has 0 aliphatic heterocycles. The number of benzene rings is 2. The molecule has 0 aliphatic carbocycles. The fraction of sp³-hybridized carbons (Fsp3) is 0.625. The van der Waals surface area contributed by atoms with Gasteiger partial charge in [-0.1, -0.05) is 147 Å². The zero-order chi connectivity index (χ0) is 23.9. The van der Waals surface area contributed by atoms with Crippen molar-refractivity contribution in [2.24, 2.45) is 0 Å². The predicted octanol–water partition coefficient (Wildman–Crippen LogP) is 10.3. The lowest BCUT2D eigenvalue weighted by molar-refractivity contribution is 0.439. The molecule has 1 N–H and O–H groups in total. The van der Waals surface area contributed by atoms with Crippen molar-refractivity contribution >= 4 is 0 Å². The van der Waals surface area contributed by atoms with Gasteiger partial charge in [0.2, 0.25) is 0 Å². The molecule has 0 saturated carbocycles. The van der Waals surface area contributed by atoms with Crippen LogP contribution in [-0.2, 0) is 5.41 Å². The van der Waals surface area contributed by atoms with Crippen molar-refractivity contribution < 1.29 is 5.11 Å². The Morgan fingerprint density at radius 2 is 1.15 bits per heavy atom. The van der Waals surface area contributed by atoms with Gasteiger partial charge in [-0.25, -0.2) is 0 Å². The van der Waals surface area contributed by atoms with E-state index >= 15 is 0 Å². The molecule has 0 aromatic heterocycles. The van der Waals surface area contributed by atoms with E-state index in [-0.39, 0.29) is 5.41 Å². The van der Waals surface area contributed by atoms with E-state index in [4.69, 9.17) is 0 Å². The average Bonchev–Trinajstić information content (AvgIpc) is 2.82. The highest BCUT2D eigenvalue weighted by Crippen LogP contribution is 2.43. The minimum absolute atomic E-state index is 0.220. The van der Waals surface area contributed by atoms with Gasteiger partial charge in [0.25, 0.3) is 0 Å². The third kappa shape index (κ3) is 8.84. The Morgan fingerprint density at radius 3 is 1.70 bits per heavy atom. The topological polar surface area (TPSA) is 20.2 Å². The van der Waals surface area contributed by atoms with Crippen LogP contribution in [-0.4, -0.2) is 5.11 Å². The monoisotopic (exact) mass is 450 g/mol. The number of hydrogen-bond acceptors (Lipinski definition) is 1. The van der Waals surface area contributed by atoms with E-state index in [0.717, 1.165) is 5.56 Å². The lowest BCUT2D eigenvalue weighted by Crippen LogP contribution is -2.22. The van der Waals surface area contributed by atoms with Gasteiger partial charge in [0.1, 0.15) is 5.75 Å². The van der Waals surface area contributed by atoms with E-state index in [1.807, 2.05) is 6.07 Å². The summed E-state index contributed by atoms with van der Waals surface area (Å²) in [5.41, 5.74) is 3.57. The summed E-state index contributed by atoms with van der Waals surface area (Å²) < 4.78 is 0. The third-order valence-corrected chi connectivity index (χ3v) is 7.45. The maximum Gasteiger partial charge on any atom is 0.119 e. The zero-order valence-electron chi connectivity index (χ0n) is 22.0. The highest BCUT2D eigenvalue weighted by atomic mass is 16.3. The van der Waals surface area contributed by atoms with Crippen LogP contribution in [0.4, 0.5) is 0 Å². The van der Waals surface area contributed by atoms with Crippen LogP contribution in [0.2, 0.25) is 0 Å². The van der Waals surface area contributed by atoms with Gasteiger partial charge in [0, 0.05) is 11.0 Å². The predicted molar refractivity (Wildman–Crippen MR) is 145 cm³/mol. The molecular weight excluding hydrogens is 400 g/mol.